The van der Waals surface area contributed by atoms with Gasteiger partial charge >= 0.3 is 0 Å². The summed E-state index contributed by atoms with van der Waals surface area (Å²) in [6, 6.07) is 0.194. The van der Waals surface area contributed by atoms with Gasteiger partial charge in [0.25, 0.3) is 0 Å². The Bertz CT molecular complexity index is 705. The first-order chi connectivity index (χ1) is 11.9. The van der Waals surface area contributed by atoms with Crippen molar-refractivity contribution < 1.29 is 13.2 Å². The molecule has 1 unspecified atom stereocenters. The molecule has 2 fully saturated rings. The third kappa shape index (κ3) is 3.88. The largest absolute Gasteiger partial charge is 0.353 e. The van der Waals surface area contributed by atoms with E-state index in [1.54, 1.807) is 13.8 Å². The average Bonchev–Trinajstić information content (AvgIpc) is 2.95. The Balaban J connectivity index is 1.69. The molecule has 9 heteroatoms. The lowest BCUT2D eigenvalue weighted by atomic mass is 9.97. The normalized spacial score (nSPS) is 23.5. The van der Waals surface area contributed by atoms with Crippen LogP contribution in [0.1, 0.15) is 37.1 Å². The number of piperidine rings is 2. The van der Waals surface area contributed by atoms with Crippen molar-refractivity contribution in [3.8, 4) is 0 Å². The lowest BCUT2D eigenvalue weighted by Gasteiger charge is -2.33. The summed E-state index contributed by atoms with van der Waals surface area (Å²) in [6.07, 6.45) is 3.27. The molecule has 3 N–H and O–H groups in total. The van der Waals surface area contributed by atoms with Crippen LogP contribution in [0.3, 0.4) is 0 Å². The van der Waals surface area contributed by atoms with Crippen molar-refractivity contribution >= 4 is 15.9 Å². The summed E-state index contributed by atoms with van der Waals surface area (Å²) in [5.74, 6) is -0.307. The Kier molecular flexibility index (Phi) is 5.45. The van der Waals surface area contributed by atoms with E-state index in [1.807, 2.05) is 0 Å². The highest BCUT2D eigenvalue weighted by molar-refractivity contribution is 7.89. The van der Waals surface area contributed by atoms with Crippen LogP contribution in [0.4, 0.5) is 0 Å². The molecule has 1 atom stereocenters. The summed E-state index contributed by atoms with van der Waals surface area (Å²) in [4.78, 5) is 12.8. The molecule has 2 aliphatic rings. The summed E-state index contributed by atoms with van der Waals surface area (Å²) in [7, 11) is -3.63. The lowest BCUT2D eigenvalue weighted by molar-refractivity contribution is -0.127. The smallest absolute Gasteiger partial charge is 0.246 e. The minimum Gasteiger partial charge on any atom is -0.353 e. The maximum atomic E-state index is 13.0. The lowest BCUT2D eigenvalue weighted by Crippen LogP contribution is -2.49. The Morgan fingerprint density at radius 2 is 1.96 bits per heavy atom. The van der Waals surface area contributed by atoms with E-state index in [0.717, 1.165) is 32.4 Å². The number of hydrogen-bond acceptors (Lipinski definition) is 5. The van der Waals surface area contributed by atoms with E-state index in [-0.39, 0.29) is 29.3 Å². The van der Waals surface area contributed by atoms with Crippen molar-refractivity contribution in [1.29, 1.82) is 0 Å². The van der Waals surface area contributed by atoms with Gasteiger partial charge < -0.3 is 10.6 Å². The molecule has 3 rings (SSSR count). The van der Waals surface area contributed by atoms with Crippen molar-refractivity contribution in [2.24, 2.45) is 5.92 Å². The second kappa shape index (κ2) is 7.43. The number of H-pyrrole nitrogens is 1. The van der Waals surface area contributed by atoms with Crippen molar-refractivity contribution in [2.75, 3.05) is 26.2 Å². The molecule has 2 aliphatic heterocycles. The Hall–Kier alpha value is -1.45. The minimum absolute atomic E-state index is 0.0209. The van der Waals surface area contributed by atoms with Crippen LogP contribution in [0.25, 0.3) is 0 Å². The zero-order valence-electron chi connectivity index (χ0n) is 14.8. The predicted octanol–water partition coefficient (Wildman–Crippen LogP) is 0.295. The first kappa shape index (κ1) is 18.3. The second-order valence-corrected chi connectivity index (χ2v) is 8.87. The van der Waals surface area contributed by atoms with Crippen molar-refractivity contribution in [2.45, 2.75) is 50.5 Å². The first-order valence-electron chi connectivity index (χ1n) is 8.92. The van der Waals surface area contributed by atoms with E-state index < -0.39 is 10.0 Å². The van der Waals surface area contributed by atoms with Crippen LogP contribution in [0, 0.1) is 19.8 Å². The summed E-state index contributed by atoms with van der Waals surface area (Å²) >= 11 is 0. The van der Waals surface area contributed by atoms with Crippen LogP contribution in [0.15, 0.2) is 4.90 Å². The average molecular weight is 369 g/mol. The van der Waals surface area contributed by atoms with Crippen LogP contribution < -0.4 is 10.6 Å². The Labute approximate surface area is 148 Å². The SMILES string of the molecule is Cc1n[nH]c(C)c1S(=O)(=O)N1CCCC(C(=O)NC2CCNCC2)C1. The number of carbonyl (C=O) groups is 1. The number of nitrogens with zero attached hydrogens (tertiary/aromatic N) is 2. The number of carbonyl (C=O) groups excluding carboxylic acids is 1. The number of aryl methyl sites for hydroxylation is 2. The molecule has 8 nitrogen and oxygen atoms in total. The van der Waals surface area contributed by atoms with Crippen LogP contribution in [-0.4, -0.2) is 61.0 Å². The molecule has 0 radical (unpaired) electrons. The monoisotopic (exact) mass is 369 g/mol. The number of sulfonamides is 1. The summed E-state index contributed by atoms with van der Waals surface area (Å²) in [5.41, 5.74) is 1.01. The van der Waals surface area contributed by atoms with Crippen molar-refractivity contribution in [3.63, 3.8) is 0 Å². The van der Waals surface area contributed by atoms with Gasteiger partial charge in [-0.25, -0.2) is 8.42 Å². The van der Waals surface area contributed by atoms with E-state index >= 15 is 0 Å². The van der Waals surface area contributed by atoms with Gasteiger partial charge in [-0.05, 0) is 52.6 Å². The van der Waals surface area contributed by atoms with E-state index in [9.17, 15) is 13.2 Å². The minimum atomic E-state index is -3.63. The Morgan fingerprint density at radius 1 is 1.24 bits per heavy atom. The quantitative estimate of drug-likeness (QED) is 0.707. The van der Waals surface area contributed by atoms with Crippen molar-refractivity contribution in [1.82, 2.24) is 25.1 Å². The summed E-state index contributed by atoms with van der Waals surface area (Å²) in [6.45, 7) is 5.90. The molecule has 0 spiro atoms. The zero-order chi connectivity index (χ0) is 18.0. The maximum Gasteiger partial charge on any atom is 0.246 e. The molecule has 25 heavy (non-hydrogen) atoms. The molecule has 3 heterocycles. The topological polar surface area (TPSA) is 107 Å². The van der Waals surface area contributed by atoms with Gasteiger partial charge in [-0.1, -0.05) is 0 Å². The van der Waals surface area contributed by atoms with E-state index in [2.05, 4.69) is 20.8 Å². The van der Waals surface area contributed by atoms with Crippen LogP contribution in [0.2, 0.25) is 0 Å². The number of rotatable bonds is 4. The van der Waals surface area contributed by atoms with E-state index in [4.69, 9.17) is 0 Å². The number of aromatic nitrogens is 2. The first-order valence-corrected chi connectivity index (χ1v) is 10.4. The zero-order valence-corrected chi connectivity index (χ0v) is 15.7. The molecule has 1 aromatic heterocycles. The number of hydrogen-bond donors (Lipinski definition) is 3. The fraction of sp³-hybridized carbons (Fsp3) is 0.750. The molecule has 1 aromatic rings. The maximum absolute atomic E-state index is 13.0. The van der Waals surface area contributed by atoms with Crippen LogP contribution in [0.5, 0.6) is 0 Å². The van der Waals surface area contributed by atoms with Gasteiger partial charge in [-0.2, -0.15) is 9.40 Å². The molecule has 2 saturated heterocycles. The highest BCUT2D eigenvalue weighted by Crippen LogP contribution is 2.27. The number of amides is 1. The standard InChI is InChI=1S/C16H27N5O3S/c1-11-15(12(2)20-19-11)25(23,24)21-9-3-4-13(10-21)16(22)18-14-5-7-17-8-6-14/h13-14,17H,3-10H2,1-2H3,(H,18,22)(H,19,20). The molecule has 0 aromatic carbocycles. The predicted molar refractivity (Wildman–Crippen MR) is 93.6 cm³/mol. The third-order valence-corrected chi connectivity index (χ3v) is 7.23. The summed E-state index contributed by atoms with van der Waals surface area (Å²) in [5, 5.41) is 13.1. The van der Waals surface area contributed by atoms with Crippen molar-refractivity contribution in [3.05, 3.63) is 11.4 Å². The third-order valence-electron chi connectivity index (χ3n) is 5.10. The second-order valence-electron chi connectivity index (χ2n) is 7.00. The molecule has 140 valence electrons. The van der Waals surface area contributed by atoms with E-state index in [0.29, 0.717) is 24.4 Å². The Morgan fingerprint density at radius 3 is 2.60 bits per heavy atom. The van der Waals surface area contributed by atoms with Crippen LogP contribution >= 0.6 is 0 Å². The fourth-order valence-corrected chi connectivity index (χ4v) is 5.57. The highest BCUT2D eigenvalue weighted by Gasteiger charge is 2.36. The van der Waals surface area contributed by atoms with Gasteiger partial charge in [0.15, 0.2) is 0 Å². The number of aromatic amines is 1. The summed E-state index contributed by atoms with van der Waals surface area (Å²) < 4.78 is 27.4. The molecule has 1 amide bonds. The van der Waals surface area contributed by atoms with Gasteiger partial charge in [-0.15, -0.1) is 0 Å². The molecule has 0 aliphatic carbocycles. The fourth-order valence-electron chi connectivity index (χ4n) is 3.71. The molecular weight excluding hydrogens is 342 g/mol. The molecule has 0 saturated carbocycles. The van der Waals surface area contributed by atoms with E-state index in [1.165, 1.54) is 4.31 Å². The van der Waals surface area contributed by atoms with Gasteiger partial charge in [0.05, 0.1) is 17.3 Å². The van der Waals surface area contributed by atoms with Crippen LogP contribution in [-0.2, 0) is 14.8 Å². The number of nitrogens with one attached hydrogen (secondary N) is 3. The van der Waals surface area contributed by atoms with Gasteiger partial charge in [0.2, 0.25) is 15.9 Å². The van der Waals surface area contributed by atoms with Gasteiger partial charge in [0.1, 0.15) is 4.90 Å². The molecule has 0 bridgehead atoms. The van der Waals surface area contributed by atoms with Gasteiger partial charge in [-0.3, -0.25) is 9.89 Å². The van der Waals surface area contributed by atoms with Gasteiger partial charge in [0, 0.05) is 19.1 Å². The molecular formula is C16H27N5O3S. The highest BCUT2D eigenvalue weighted by atomic mass is 32.2.